The molecule has 3 aromatic heterocycles. The number of nitrogens with one attached hydrogen (secondary N) is 1. The number of nitrogens with two attached hydrogens (primary N) is 1. The summed E-state index contributed by atoms with van der Waals surface area (Å²) >= 11 is 0. The van der Waals surface area contributed by atoms with Gasteiger partial charge in [-0.15, -0.1) is 0 Å². The molecule has 1 aliphatic carbocycles. The Kier molecular flexibility index (Phi) is 3.75. The molecular formula is C19H22N6O2. The lowest BCUT2D eigenvalue weighted by Crippen LogP contribution is -2.45. The summed E-state index contributed by atoms with van der Waals surface area (Å²) in [5.41, 5.74) is 8.46. The van der Waals surface area contributed by atoms with Crippen LogP contribution in [0, 0.1) is 0 Å². The van der Waals surface area contributed by atoms with Gasteiger partial charge in [0.05, 0.1) is 24.3 Å². The normalized spacial score (nSPS) is 20.5. The van der Waals surface area contributed by atoms with Crippen LogP contribution in [0.5, 0.6) is 0 Å². The van der Waals surface area contributed by atoms with Gasteiger partial charge in [0, 0.05) is 30.6 Å². The molecule has 3 aromatic rings. The fourth-order valence-electron chi connectivity index (χ4n) is 4.21. The largest absolute Gasteiger partial charge is 0.346 e. The molecule has 3 N–H and O–H groups in total. The predicted octanol–water partition coefficient (Wildman–Crippen LogP) is 1.27. The molecule has 140 valence electrons. The Balaban J connectivity index is 1.73. The second kappa shape index (κ2) is 6.16. The van der Waals surface area contributed by atoms with Gasteiger partial charge in [-0.1, -0.05) is 0 Å². The van der Waals surface area contributed by atoms with Crippen LogP contribution in [0.2, 0.25) is 0 Å². The summed E-state index contributed by atoms with van der Waals surface area (Å²) < 4.78 is 1.88. The van der Waals surface area contributed by atoms with Crippen molar-refractivity contribution in [2.45, 2.75) is 37.6 Å². The standard InChI is InChI=1S/C19H22N6O2/c20-8-15(26)24-7-1-2-12(10-24)25-17-13-5-6-21-18(13)22-9-14(17)23-16(19(25)27)11-3-4-11/h5-6,9,11-12H,1-4,7-8,10,20H2,(H,21,22)/t12-/m1/s1. The number of nitrogens with zero attached hydrogens (tertiary/aromatic N) is 4. The van der Waals surface area contributed by atoms with E-state index in [1.165, 1.54) is 0 Å². The lowest BCUT2D eigenvalue weighted by atomic mass is 10.0. The Morgan fingerprint density at radius 2 is 2.19 bits per heavy atom. The van der Waals surface area contributed by atoms with Crippen LogP contribution in [-0.4, -0.2) is 50.0 Å². The number of hydrogen-bond donors (Lipinski definition) is 2. The molecule has 0 aromatic carbocycles. The third-order valence-corrected chi connectivity index (χ3v) is 5.71. The van der Waals surface area contributed by atoms with E-state index in [4.69, 9.17) is 5.73 Å². The van der Waals surface area contributed by atoms with Gasteiger partial charge in [-0.25, -0.2) is 9.97 Å². The minimum Gasteiger partial charge on any atom is -0.346 e. The average molecular weight is 366 g/mol. The first-order valence-corrected chi connectivity index (χ1v) is 9.53. The molecule has 8 nitrogen and oxygen atoms in total. The van der Waals surface area contributed by atoms with Crippen molar-refractivity contribution < 1.29 is 4.79 Å². The number of aromatic nitrogens is 4. The molecule has 5 rings (SSSR count). The fourth-order valence-corrected chi connectivity index (χ4v) is 4.21. The summed E-state index contributed by atoms with van der Waals surface area (Å²) in [6, 6.07) is 1.86. The maximum Gasteiger partial charge on any atom is 0.273 e. The molecule has 1 saturated carbocycles. The third-order valence-electron chi connectivity index (χ3n) is 5.71. The van der Waals surface area contributed by atoms with Crippen LogP contribution >= 0.6 is 0 Å². The Bertz CT molecular complexity index is 1100. The van der Waals surface area contributed by atoms with E-state index in [-0.39, 0.29) is 30.0 Å². The van der Waals surface area contributed by atoms with Crippen LogP contribution in [-0.2, 0) is 4.79 Å². The molecule has 0 spiro atoms. The summed E-state index contributed by atoms with van der Waals surface area (Å²) in [7, 11) is 0. The molecule has 1 atom stereocenters. The van der Waals surface area contributed by atoms with Gasteiger partial charge in [-0.2, -0.15) is 0 Å². The van der Waals surface area contributed by atoms with Gasteiger partial charge in [-0.05, 0) is 31.7 Å². The number of aromatic amines is 1. The number of pyridine rings is 1. The van der Waals surface area contributed by atoms with Crippen molar-refractivity contribution in [2.75, 3.05) is 19.6 Å². The number of carbonyl (C=O) groups excluding carboxylic acids is 1. The van der Waals surface area contributed by atoms with Crippen LogP contribution in [0.25, 0.3) is 22.1 Å². The van der Waals surface area contributed by atoms with Crippen molar-refractivity contribution in [3.63, 3.8) is 0 Å². The first kappa shape index (κ1) is 16.4. The zero-order valence-electron chi connectivity index (χ0n) is 15.0. The monoisotopic (exact) mass is 366 g/mol. The molecule has 4 heterocycles. The quantitative estimate of drug-likeness (QED) is 0.725. The second-order valence-corrected chi connectivity index (χ2v) is 7.52. The van der Waals surface area contributed by atoms with Gasteiger partial charge in [0.1, 0.15) is 16.9 Å². The molecule has 1 amide bonds. The number of piperidine rings is 1. The lowest BCUT2D eigenvalue weighted by molar-refractivity contribution is -0.131. The molecule has 1 aliphatic heterocycles. The molecule has 0 bridgehead atoms. The van der Waals surface area contributed by atoms with E-state index in [9.17, 15) is 9.59 Å². The Hall–Kier alpha value is -2.74. The lowest BCUT2D eigenvalue weighted by Gasteiger charge is -2.34. The zero-order valence-corrected chi connectivity index (χ0v) is 15.0. The SMILES string of the molecule is NCC(=O)N1CCC[C@@H](n2c(=O)c(C3CC3)nc3cnc4[nH]ccc4c32)C1. The number of fused-ring (bicyclic) bond motifs is 3. The minimum atomic E-state index is -0.0785. The van der Waals surface area contributed by atoms with Crippen molar-refractivity contribution in [3.05, 3.63) is 34.5 Å². The van der Waals surface area contributed by atoms with Crippen molar-refractivity contribution in [1.82, 2.24) is 24.4 Å². The van der Waals surface area contributed by atoms with E-state index >= 15 is 0 Å². The number of amides is 1. The number of hydrogen-bond acceptors (Lipinski definition) is 5. The van der Waals surface area contributed by atoms with Gasteiger partial charge in [0.15, 0.2) is 0 Å². The first-order valence-electron chi connectivity index (χ1n) is 9.53. The summed E-state index contributed by atoms with van der Waals surface area (Å²) in [4.78, 5) is 39.6. The van der Waals surface area contributed by atoms with E-state index in [1.807, 2.05) is 16.8 Å². The summed E-state index contributed by atoms with van der Waals surface area (Å²) in [5.74, 6) is 0.183. The van der Waals surface area contributed by atoms with Crippen LogP contribution in [0.3, 0.4) is 0 Å². The zero-order chi connectivity index (χ0) is 18.5. The first-order chi connectivity index (χ1) is 13.2. The highest BCUT2D eigenvalue weighted by molar-refractivity contribution is 6.00. The van der Waals surface area contributed by atoms with Gasteiger partial charge in [0.2, 0.25) is 5.91 Å². The molecule has 8 heteroatoms. The number of H-pyrrole nitrogens is 1. The van der Waals surface area contributed by atoms with Crippen LogP contribution < -0.4 is 11.3 Å². The number of rotatable bonds is 3. The van der Waals surface area contributed by atoms with E-state index in [2.05, 4.69) is 15.0 Å². The van der Waals surface area contributed by atoms with Crippen molar-refractivity contribution in [3.8, 4) is 0 Å². The Labute approximate surface area is 155 Å². The molecule has 1 saturated heterocycles. The van der Waals surface area contributed by atoms with E-state index in [0.29, 0.717) is 18.8 Å². The van der Waals surface area contributed by atoms with Crippen LogP contribution in [0.15, 0.2) is 23.3 Å². The molecule has 2 aliphatic rings. The van der Waals surface area contributed by atoms with E-state index in [0.717, 1.165) is 47.8 Å². The van der Waals surface area contributed by atoms with Gasteiger partial charge < -0.3 is 15.6 Å². The summed E-state index contributed by atoms with van der Waals surface area (Å²) in [6.45, 7) is 1.20. The highest BCUT2D eigenvalue weighted by Crippen LogP contribution is 2.38. The molecule has 27 heavy (non-hydrogen) atoms. The summed E-state index contributed by atoms with van der Waals surface area (Å²) in [5, 5.41) is 0.890. The van der Waals surface area contributed by atoms with Crippen molar-refractivity contribution >= 4 is 28.0 Å². The van der Waals surface area contributed by atoms with Gasteiger partial charge in [-0.3, -0.25) is 14.2 Å². The maximum absolute atomic E-state index is 13.4. The van der Waals surface area contributed by atoms with Crippen molar-refractivity contribution in [1.29, 1.82) is 0 Å². The van der Waals surface area contributed by atoms with Crippen molar-refractivity contribution in [2.24, 2.45) is 5.73 Å². The fraction of sp³-hybridized carbons (Fsp3) is 0.474. The second-order valence-electron chi connectivity index (χ2n) is 7.52. The summed E-state index contributed by atoms with van der Waals surface area (Å²) in [6.07, 6.45) is 7.29. The molecule has 2 fully saturated rings. The maximum atomic E-state index is 13.4. The topological polar surface area (TPSA) is 110 Å². The highest BCUT2D eigenvalue weighted by atomic mass is 16.2. The highest BCUT2D eigenvalue weighted by Gasteiger charge is 2.33. The molecule has 0 unspecified atom stereocenters. The molecular weight excluding hydrogens is 344 g/mol. The number of carbonyl (C=O) groups is 1. The average Bonchev–Trinajstić information content (AvgIpc) is 3.43. The van der Waals surface area contributed by atoms with E-state index in [1.54, 1.807) is 11.1 Å². The minimum absolute atomic E-state index is 0.00197. The van der Waals surface area contributed by atoms with Gasteiger partial charge >= 0.3 is 0 Å². The number of likely N-dealkylation sites (tertiary alicyclic amines) is 1. The van der Waals surface area contributed by atoms with Gasteiger partial charge in [0.25, 0.3) is 5.56 Å². The predicted molar refractivity (Wildman–Crippen MR) is 102 cm³/mol. The Morgan fingerprint density at radius 1 is 1.33 bits per heavy atom. The van der Waals surface area contributed by atoms with E-state index < -0.39 is 0 Å². The smallest absolute Gasteiger partial charge is 0.273 e. The third kappa shape index (κ3) is 2.63. The Morgan fingerprint density at radius 3 is 2.96 bits per heavy atom. The molecule has 0 radical (unpaired) electrons. The van der Waals surface area contributed by atoms with Crippen LogP contribution in [0.1, 0.15) is 43.3 Å². The van der Waals surface area contributed by atoms with Crippen LogP contribution in [0.4, 0.5) is 0 Å².